The zero-order valence-corrected chi connectivity index (χ0v) is 19.0. The molecule has 2 aromatic carbocycles. The van der Waals surface area contributed by atoms with E-state index in [2.05, 4.69) is 20.8 Å². The number of benzene rings is 2. The number of hydrogen-bond donors (Lipinski definition) is 2. The monoisotopic (exact) mass is 437 g/mol. The maximum atomic E-state index is 12.5. The summed E-state index contributed by atoms with van der Waals surface area (Å²) >= 11 is 1.32. The first-order valence-electron chi connectivity index (χ1n) is 10.2. The van der Waals surface area contributed by atoms with E-state index in [1.54, 1.807) is 6.92 Å². The summed E-state index contributed by atoms with van der Waals surface area (Å²) in [6, 6.07) is 15.6. The van der Waals surface area contributed by atoms with Gasteiger partial charge in [0.2, 0.25) is 11.8 Å². The Balaban J connectivity index is 1.59. The lowest BCUT2D eigenvalue weighted by atomic mass is 10.1. The fourth-order valence-electron chi connectivity index (χ4n) is 3.18. The van der Waals surface area contributed by atoms with Crippen LogP contribution in [0.5, 0.6) is 0 Å². The Kier molecular flexibility index (Phi) is 7.46. The molecule has 7 nitrogen and oxygen atoms in total. The molecule has 0 saturated carbocycles. The topological polar surface area (TPSA) is 88.9 Å². The second-order valence-electron chi connectivity index (χ2n) is 7.21. The van der Waals surface area contributed by atoms with Gasteiger partial charge in [-0.15, -0.1) is 10.2 Å². The second kappa shape index (κ2) is 10.3. The van der Waals surface area contributed by atoms with Gasteiger partial charge in [-0.1, -0.05) is 60.3 Å². The summed E-state index contributed by atoms with van der Waals surface area (Å²) in [5.74, 6) is 0.283. The van der Waals surface area contributed by atoms with Gasteiger partial charge in [-0.25, -0.2) is 0 Å². The number of nitrogens with zero attached hydrogens (tertiary/aromatic N) is 3. The molecule has 1 heterocycles. The van der Waals surface area contributed by atoms with E-state index in [4.69, 9.17) is 0 Å². The molecule has 3 aromatic rings. The smallest absolute Gasteiger partial charge is 0.243 e. The predicted octanol–water partition coefficient (Wildman–Crippen LogP) is 3.82. The molecule has 0 radical (unpaired) electrons. The molecular weight excluding hydrogens is 410 g/mol. The summed E-state index contributed by atoms with van der Waals surface area (Å²) in [4.78, 5) is 24.8. The van der Waals surface area contributed by atoms with Gasteiger partial charge in [0.25, 0.3) is 0 Å². The van der Waals surface area contributed by atoms with Crippen molar-refractivity contribution in [1.29, 1.82) is 0 Å². The van der Waals surface area contributed by atoms with Crippen molar-refractivity contribution in [2.24, 2.45) is 0 Å². The minimum absolute atomic E-state index is 0.0900. The molecule has 0 saturated heterocycles. The lowest BCUT2D eigenvalue weighted by Gasteiger charge is -2.14. The van der Waals surface area contributed by atoms with Crippen LogP contribution in [-0.4, -0.2) is 38.4 Å². The number of carbonyl (C=O) groups is 2. The van der Waals surface area contributed by atoms with Crippen LogP contribution < -0.4 is 10.6 Å². The molecule has 1 atom stereocenters. The highest BCUT2D eigenvalue weighted by Crippen LogP contribution is 2.26. The predicted molar refractivity (Wildman–Crippen MR) is 124 cm³/mol. The van der Waals surface area contributed by atoms with Crippen molar-refractivity contribution >= 4 is 29.3 Å². The van der Waals surface area contributed by atoms with Crippen LogP contribution in [0, 0.1) is 13.8 Å². The van der Waals surface area contributed by atoms with Crippen molar-refractivity contribution < 1.29 is 9.59 Å². The molecule has 0 spiro atoms. The average molecular weight is 438 g/mol. The summed E-state index contributed by atoms with van der Waals surface area (Å²) in [5, 5.41) is 14.4. The van der Waals surface area contributed by atoms with Crippen molar-refractivity contribution in [2.45, 2.75) is 44.6 Å². The van der Waals surface area contributed by atoms with Crippen LogP contribution in [0.3, 0.4) is 0 Å². The molecule has 162 valence electrons. The SMILES string of the molecule is CCn1c(SC(C)C(=O)NCC(=O)Nc2c(C)cccc2C)nnc1-c1ccccc1. The van der Waals surface area contributed by atoms with E-state index < -0.39 is 5.25 Å². The summed E-state index contributed by atoms with van der Waals surface area (Å²) < 4.78 is 1.98. The average Bonchev–Trinajstić information content (AvgIpc) is 3.17. The van der Waals surface area contributed by atoms with Crippen LogP contribution in [0.4, 0.5) is 5.69 Å². The lowest BCUT2D eigenvalue weighted by molar-refractivity contribution is -0.123. The summed E-state index contributed by atoms with van der Waals surface area (Å²) in [7, 11) is 0. The number of carbonyl (C=O) groups excluding carboxylic acids is 2. The minimum Gasteiger partial charge on any atom is -0.346 e. The van der Waals surface area contributed by atoms with Gasteiger partial charge in [-0.05, 0) is 38.8 Å². The fourth-order valence-corrected chi connectivity index (χ4v) is 4.12. The molecule has 0 bridgehead atoms. The van der Waals surface area contributed by atoms with Gasteiger partial charge in [-0.2, -0.15) is 0 Å². The van der Waals surface area contributed by atoms with Crippen LogP contribution in [0.2, 0.25) is 0 Å². The highest BCUT2D eigenvalue weighted by atomic mass is 32.2. The van der Waals surface area contributed by atoms with E-state index in [-0.39, 0.29) is 18.4 Å². The number of rotatable bonds is 8. The Labute approximate surface area is 186 Å². The zero-order valence-electron chi connectivity index (χ0n) is 18.2. The van der Waals surface area contributed by atoms with Crippen LogP contribution in [0.1, 0.15) is 25.0 Å². The Morgan fingerprint density at radius 1 is 1.03 bits per heavy atom. The molecule has 0 fully saturated rings. The molecule has 2 amide bonds. The first-order valence-corrected chi connectivity index (χ1v) is 11.1. The Morgan fingerprint density at radius 3 is 2.35 bits per heavy atom. The number of hydrogen-bond acceptors (Lipinski definition) is 5. The molecule has 3 rings (SSSR count). The number of aryl methyl sites for hydroxylation is 2. The second-order valence-corrected chi connectivity index (χ2v) is 8.52. The Bertz CT molecular complexity index is 1040. The number of aromatic nitrogens is 3. The molecule has 0 aliphatic rings. The lowest BCUT2D eigenvalue weighted by Crippen LogP contribution is -2.37. The zero-order chi connectivity index (χ0) is 22.4. The number of para-hydroxylation sites is 1. The maximum Gasteiger partial charge on any atom is 0.243 e. The van der Waals surface area contributed by atoms with Gasteiger partial charge in [0, 0.05) is 17.8 Å². The fraction of sp³-hybridized carbons (Fsp3) is 0.304. The largest absolute Gasteiger partial charge is 0.346 e. The number of nitrogens with one attached hydrogen (secondary N) is 2. The quantitative estimate of drug-likeness (QED) is 0.523. The number of amides is 2. The third-order valence-electron chi connectivity index (χ3n) is 4.89. The molecule has 2 N–H and O–H groups in total. The van der Waals surface area contributed by atoms with E-state index >= 15 is 0 Å². The van der Waals surface area contributed by atoms with E-state index in [0.717, 1.165) is 28.2 Å². The van der Waals surface area contributed by atoms with Gasteiger partial charge in [0.15, 0.2) is 11.0 Å². The normalized spacial score (nSPS) is 11.7. The summed E-state index contributed by atoms with van der Waals surface area (Å²) in [6.45, 7) is 8.28. The summed E-state index contributed by atoms with van der Waals surface area (Å²) in [5.41, 5.74) is 3.73. The Morgan fingerprint density at radius 2 is 1.71 bits per heavy atom. The first-order chi connectivity index (χ1) is 14.9. The van der Waals surface area contributed by atoms with Gasteiger partial charge in [0.1, 0.15) is 0 Å². The van der Waals surface area contributed by atoms with Crippen molar-refractivity contribution in [1.82, 2.24) is 20.1 Å². The number of anilines is 1. The minimum atomic E-state index is -0.425. The third-order valence-corrected chi connectivity index (χ3v) is 5.97. The van der Waals surface area contributed by atoms with Crippen LogP contribution in [-0.2, 0) is 16.1 Å². The first kappa shape index (κ1) is 22.6. The van der Waals surface area contributed by atoms with Crippen molar-refractivity contribution in [2.75, 3.05) is 11.9 Å². The van der Waals surface area contributed by atoms with E-state index in [0.29, 0.717) is 11.7 Å². The van der Waals surface area contributed by atoms with Crippen LogP contribution >= 0.6 is 11.8 Å². The van der Waals surface area contributed by atoms with Gasteiger partial charge < -0.3 is 15.2 Å². The van der Waals surface area contributed by atoms with E-state index in [1.165, 1.54) is 11.8 Å². The Hall–Kier alpha value is -3.13. The van der Waals surface area contributed by atoms with E-state index in [9.17, 15) is 9.59 Å². The van der Waals surface area contributed by atoms with Gasteiger partial charge in [0.05, 0.1) is 11.8 Å². The molecular formula is C23H27N5O2S. The van der Waals surface area contributed by atoms with Crippen LogP contribution in [0.15, 0.2) is 53.7 Å². The summed E-state index contributed by atoms with van der Waals surface area (Å²) in [6.07, 6.45) is 0. The molecule has 31 heavy (non-hydrogen) atoms. The number of thioether (sulfide) groups is 1. The van der Waals surface area contributed by atoms with Crippen molar-refractivity contribution in [3.05, 3.63) is 59.7 Å². The van der Waals surface area contributed by atoms with Gasteiger partial charge >= 0.3 is 0 Å². The van der Waals surface area contributed by atoms with Crippen LogP contribution in [0.25, 0.3) is 11.4 Å². The molecule has 0 aliphatic heterocycles. The maximum absolute atomic E-state index is 12.5. The van der Waals surface area contributed by atoms with Crippen molar-refractivity contribution in [3.63, 3.8) is 0 Å². The molecule has 0 aliphatic carbocycles. The van der Waals surface area contributed by atoms with E-state index in [1.807, 2.05) is 73.9 Å². The molecule has 8 heteroatoms. The van der Waals surface area contributed by atoms with Crippen molar-refractivity contribution in [3.8, 4) is 11.4 Å². The highest BCUT2D eigenvalue weighted by Gasteiger charge is 2.21. The standard InChI is InChI=1S/C23H27N5O2S/c1-5-28-21(18-12-7-6-8-13-18)26-27-23(28)31-17(4)22(30)24-14-19(29)25-20-15(2)10-9-11-16(20)3/h6-13,17H,5,14H2,1-4H3,(H,24,30)(H,25,29). The molecule has 1 unspecified atom stereocenters. The molecule has 1 aromatic heterocycles. The highest BCUT2D eigenvalue weighted by molar-refractivity contribution is 8.00. The van der Waals surface area contributed by atoms with Gasteiger partial charge in [-0.3, -0.25) is 9.59 Å². The third kappa shape index (κ3) is 5.52.